The summed E-state index contributed by atoms with van der Waals surface area (Å²) < 4.78 is 5.10. The van der Waals surface area contributed by atoms with E-state index in [4.69, 9.17) is 10.6 Å². The lowest BCUT2D eigenvalue weighted by atomic mass is 9.98. The fourth-order valence-electron chi connectivity index (χ4n) is 1.80. The van der Waals surface area contributed by atoms with Gasteiger partial charge in [0.25, 0.3) is 0 Å². The quantitative estimate of drug-likeness (QED) is 0.360. The standard InChI is InChI=1S/C9H19N3O2/c1-14-7-8-2-4-12(5-3-8)6-9(13)11-10/h8H,2-7,10H2,1H3,(H,11,13). The van der Waals surface area contributed by atoms with Gasteiger partial charge in [-0.2, -0.15) is 0 Å². The van der Waals surface area contributed by atoms with Crippen molar-refractivity contribution in [2.75, 3.05) is 33.4 Å². The Morgan fingerprint density at radius 3 is 2.71 bits per heavy atom. The maximum absolute atomic E-state index is 11.0. The third-order valence-corrected chi connectivity index (χ3v) is 2.64. The number of nitrogens with one attached hydrogen (secondary N) is 1. The fraction of sp³-hybridized carbons (Fsp3) is 0.889. The summed E-state index contributed by atoms with van der Waals surface area (Å²) in [5.74, 6) is 5.55. The van der Waals surface area contributed by atoms with Crippen LogP contribution < -0.4 is 11.3 Å². The van der Waals surface area contributed by atoms with Gasteiger partial charge in [-0.3, -0.25) is 15.1 Å². The van der Waals surface area contributed by atoms with Crippen LogP contribution in [0.3, 0.4) is 0 Å². The summed E-state index contributed by atoms with van der Waals surface area (Å²) in [6, 6.07) is 0. The second kappa shape index (κ2) is 5.95. The first-order chi connectivity index (χ1) is 6.76. The number of piperidine rings is 1. The summed E-state index contributed by atoms with van der Waals surface area (Å²) in [7, 11) is 1.73. The molecule has 0 aliphatic carbocycles. The van der Waals surface area contributed by atoms with E-state index >= 15 is 0 Å². The van der Waals surface area contributed by atoms with Crippen molar-refractivity contribution in [2.45, 2.75) is 12.8 Å². The summed E-state index contributed by atoms with van der Waals surface area (Å²) in [5.41, 5.74) is 2.14. The molecule has 0 aromatic rings. The minimum Gasteiger partial charge on any atom is -0.384 e. The number of carbonyl (C=O) groups excluding carboxylic acids is 1. The van der Waals surface area contributed by atoms with Crippen LogP contribution in [0.5, 0.6) is 0 Å². The van der Waals surface area contributed by atoms with E-state index in [0.717, 1.165) is 32.5 Å². The molecule has 1 heterocycles. The van der Waals surface area contributed by atoms with E-state index in [2.05, 4.69) is 10.3 Å². The molecule has 14 heavy (non-hydrogen) atoms. The smallest absolute Gasteiger partial charge is 0.248 e. The minimum atomic E-state index is -0.116. The van der Waals surface area contributed by atoms with Crippen molar-refractivity contribution in [3.8, 4) is 0 Å². The van der Waals surface area contributed by atoms with Gasteiger partial charge >= 0.3 is 0 Å². The van der Waals surface area contributed by atoms with Gasteiger partial charge in [-0.05, 0) is 31.8 Å². The van der Waals surface area contributed by atoms with Crippen LogP contribution in [0.1, 0.15) is 12.8 Å². The Morgan fingerprint density at radius 1 is 1.57 bits per heavy atom. The highest BCUT2D eigenvalue weighted by Gasteiger charge is 2.20. The van der Waals surface area contributed by atoms with Crippen LogP contribution in [-0.2, 0) is 9.53 Å². The van der Waals surface area contributed by atoms with Crippen LogP contribution >= 0.6 is 0 Å². The first kappa shape index (κ1) is 11.4. The Morgan fingerprint density at radius 2 is 2.21 bits per heavy atom. The Labute approximate surface area is 84.5 Å². The van der Waals surface area contributed by atoms with E-state index in [1.165, 1.54) is 0 Å². The number of nitrogens with two attached hydrogens (primary N) is 1. The molecule has 82 valence electrons. The molecule has 3 N–H and O–H groups in total. The van der Waals surface area contributed by atoms with Gasteiger partial charge < -0.3 is 4.74 Å². The SMILES string of the molecule is COCC1CCN(CC(=O)NN)CC1. The number of likely N-dealkylation sites (tertiary alicyclic amines) is 1. The second-order valence-corrected chi connectivity index (χ2v) is 3.74. The Bertz CT molecular complexity index is 179. The number of carbonyl (C=O) groups is 1. The summed E-state index contributed by atoms with van der Waals surface area (Å²) in [6.07, 6.45) is 2.21. The van der Waals surface area contributed by atoms with Crippen molar-refractivity contribution >= 4 is 5.91 Å². The highest BCUT2D eigenvalue weighted by atomic mass is 16.5. The van der Waals surface area contributed by atoms with Crippen LogP contribution in [0.15, 0.2) is 0 Å². The molecule has 1 aliphatic rings. The van der Waals surface area contributed by atoms with Gasteiger partial charge in [0.05, 0.1) is 6.54 Å². The van der Waals surface area contributed by atoms with Crippen molar-refractivity contribution < 1.29 is 9.53 Å². The van der Waals surface area contributed by atoms with Gasteiger partial charge in [0.2, 0.25) is 5.91 Å². The lowest BCUT2D eigenvalue weighted by Gasteiger charge is -2.30. The second-order valence-electron chi connectivity index (χ2n) is 3.74. The van der Waals surface area contributed by atoms with E-state index in [0.29, 0.717) is 12.5 Å². The number of amides is 1. The van der Waals surface area contributed by atoms with E-state index < -0.39 is 0 Å². The molecule has 0 aromatic heterocycles. The highest BCUT2D eigenvalue weighted by molar-refractivity contribution is 5.77. The molecule has 5 heteroatoms. The third kappa shape index (κ3) is 3.61. The number of nitrogens with zero attached hydrogens (tertiary/aromatic N) is 1. The van der Waals surface area contributed by atoms with Gasteiger partial charge in [-0.25, -0.2) is 5.84 Å². The maximum atomic E-state index is 11.0. The number of hydrogen-bond acceptors (Lipinski definition) is 4. The van der Waals surface area contributed by atoms with Crippen molar-refractivity contribution in [1.29, 1.82) is 0 Å². The van der Waals surface area contributed by atoms with Crippen molar-refractivity contribution in [3.05, 3.63) is 0 Å². The van der Waals surface area contributed by atoms with Crippen LogP contribution in [0.4, 0.5) is 0 Å². The number of rotatable bonds is 4. The fourth-order valence-corrected chi connectivity index (χ4v) is 1.80. The van der Waals surface area contributed by atoms with Crippen LogP contribution in [0.2, 0.25) is 0 Å². The predicted molar refractivity (Wildman–Crippen MR) is 53.4 cm³/mol. The zero-order valence-electron chi connectivity index (χ0n) is 8.66. The first-order valence-corrected chi connectivity index (χ1v) is 4.97. The normalized spacial score (nSPS) is 19.6. The minimum absolute atomic E-state index is 0.116. The third-order valence-electron chi connectivity index (χ3n) is 2.64. The molecular weight excluding hydrogens is 182 g/mol. The molecule has 1 rings (SSSR count). The number of methoxy groups -OCH3 is 1. The Hall–Kier alpha value is -0.650. The first-order valence-electron chi connectivity index (χ1n) is 4.97. The molecule has 0 spiro atoms. The number of ether oxygens (including phenoxy) is 1. The monoisotopic (exact) mass is 201 g/mol. The molecule has 0 aromatic carbocycles. The van der Waals surface area contributed by atoms with Crippen LogP contribution in [0, 0.1) is 5.92 Å². The molecular formula is C9H19N3O2. The van der Waals surface area contributed by atoms with E-state index in [9.17, 15) is 4.79 Å². The van der Waals surface area contributed by atoms with Crippen LogP contribution in [-0.4, -0.2) is 44.2 Å². The van der Waals surface area contributed by atoms with Crippen molar-refractivity contribution in [3.63, 3.8) is 0 Å². The van der Waals surface area contributed by atoms with Crippen LogP contribution in [0.25, 0.3) is 0 Å². The molecule has 0 radical (unpaired) electrons. The molecule has 0 saturated carbocycles. The summed E-state index contributed by atoms with van der Waals surface area (Å²) in [6.45, 7) is 3.16. The zero-order valence-corrected chi connectivity index (χ0v) is 8.66. The zero-order chi connectivity index (χ0) is 10.4. The topological polar surface area (TPSA) is 67.6 Å². The molecule has 1 fully saturated rings. The average Bonchev–Trinajstić information content (AvgIpc) is 2.21. The summed E-state index contributed by atoms with van der Waals surface area (Å²) in [5, 5.41) is 0. The molecule has 5 nitrogen and oxygen atoms in total. The lowest BCUT2D eigenvalue weighted by Crippen LogP contribution is -2.43. The average molecular weight is 201 g/mol. The van der Waals surface area contributed by atoms with E-state index in [-0.39, 0.29) is 5.91 Å². The van der Waals surface area contributed by atoms with Gasteiger partial charge in [0.1, 0.15) is 0 Å². The molecule has 1 amide bonds. The van der Waals surface area contributed by atoms with E-state index in [1.54, 1.807) is 7.11 Å². The Balaban J connectivity index is 2.18. The lowest BCUT2D eigenvalue weighted by molar-refractivity contribution is -0.122. The predicted octanol–water partition coefficient (Wildman–Crippen LogP) is -0.665. The molecule has 1 saturated heterocycles. The number of hydrazine groups is 1. The Kier molecular flexibility index (Phi) is 4.86. The van der Waals surface area contributed by atoms with Gasteiger partial charge in [0.15, 0.2) is 0 Å². The summed E-state index contributed by atoms with van der Waals surface area (Å²) in [4.78, 5) is 13.1. The highest BCUT2D eigenvalue weighted by Crippen LogP contribution is 2.16. The molecule has 0 atom stereocenters. The van der Waals surface area contributed by atoms with Gasteiger partial charge in [-0.15, -0.1) is 0 Å². The van der Waals surface area contributed by atoms with E-state index in [1.807, 2.05) is 0 Å². The molecule has 0 unspecified atom stereocenters. The van der Waals surface area contributed by atoms with Crippen molar-refractivity contribution in [1.82, 2.24) is 10.3 Å². The molecule has 1 aliphatic heterocycles. The van der Waals surface area contributed by atoms with Gasteiger partial charge in [-0.1, -0.05) is 0 Å². The largest absolute Gasteiger partial charge is 0.384 e. The van der Waals surface area contributed by atoms with Gasteiger partial charge in [0, 0.05) is 13.7 Å². The number of hydrogen-bond donors (Lipinski definition) is 2. The maximum Gasteiger partial charge on any atom is 0.248 e. The summed E-state index contributed by atoms with van der Waals surface area (Å²) >= 11 is 0. The molecule has 0 bridgehead atoms. The van der Waals surface area contributed by atoms with Crippen molar-refractivity contribution in [2.24, 2.45) is 11.8 Å².